The summed E-state index contributed by atoms with van der Waals surface area (Å²) in [4.78, 5) is 41.3. The standard InChI is InChI=1S/C23H31N3O5/c1-3-11-24-20(28)17-16-9-10-23(31-16)18(17)22(30)26(14(2)13-27)19(23)21(29)25-12-15-7-5-4-6-8-15/h4-8,14,16-19,27H,3,9-13H2,1-2H3,(H,24,28)(H,25,29)/t14-,16-,17+,18+,19?,23?/m1/s1. The van der Waals surface area contributed by atoms with Crippen molar-refractivity contribution in [1.82, 2.24) is 15.5 Å². The topological polar surface area (TPSA) is 108 Å². The number of rotatable bonds is 8. The molecule has 3 N–H and O–H groups in total. The van der Waals surface area contributed by atoms with Gasteiger partial charge in [0.2, 0.25) is 17.7 Å². The summed E-state index contributed by atoms with van der Waals surface area (Å²) in [6, 6.07) is 8.12. The summed E-state index contributed by atoms with van der Waals surface area (Å²) in [5, 5.41) is 15.6. The molecule has 3 saturated heterocycles. The minimum absolute atomic E-state index is 0.186. The van der Waals surface area contributed by atoms with Crippen molar-refractivity contribution < 1.29 is 24.2 Å². The summed E-state index contributed by atoms with van der Waals surface area (Å²) in [6.07, 6.45) is 1.62. The van der Waals surface area contributed by atoms with Gasteiger partial charge in [-0.2, -0.15) is 0 Å². The molecule has 6 atom stereocenters. The monoisotopic (exact) mass is 429 g/mol. The molecule has 0 saturated carbocycles. The minimum Gasteiger partial charge on any atom is -0.394 e. The second-order valence-corrected chi connectivity index (χ2v) is 8.83. The van der Waals surface area contributed by atoms with Crippen molar-refractivity contribution in [3.63, 3.8) is 0 Å². The average molecular weight is 430 g/mol. The Morgan fingerprint density at radius 2 is 2.00 bits per heavy atom. The van der Waals surface area contributed by atoms with Crippen molar-refractivity contribution in [3.8, 4) is 0 Å². The van der Waals surface area contributed by atoms with Gasteiger partial charge < -0.3 is 25.4 Å². The molecule has 2 bridgehead atoms. The fraction of sp³-hybridized carbons (Fsp3) is 0.609. The Hall–Kier alpha value is -2.45. The van der Waals surface area contributed by atoms with E-state index in [2.05, 4.69) is 10.6 Å². The Bertz CT molecular complexity index is 847. The Morgan fingerprint density at radius 3 is 2.68 bits per heavy atom. The van der Waals surface area contributed by atoms with E-state index in [-0.39, 0.29) is 30.4 Å². The van der Waals surface area contributed by atoms with Crippen LogP contribution in [0.3, 0.4) is 0 Å². The molecular weight excluding hydrogens is 398 g/mol. The van der Waals surface area contributed by atoms with Gasteiger partial charge in [0, 0.05) is 13.1 Å². The van der Waals surface area contributed by atoms with E-state index in [1.54, 1.807) is 6.92 Å². The van der Waals surface area contributed by atoms with Crippen molar-refractivity contribution in [1.29, 1.82) is 0 Å². The quantitative estimate of drug-likeness (QED) is 0.560. The number of fused-ring (bicyclic) bond motifs is 1. The van der Waals surface area contributed by atoms with E-state index >= 15 is 0 Å². The molecule has 31 heavy (non-hydrogen) atoms. The lowest BCUT2D eigenvalue weighted by Crippen LogP contribution is -2.57. The molecule has 0 aliphatic carbocycles. The van der Waals surface area contributed by atoms with Crippen LogP contribution in [-0.2, 0) is 25.7 Å². The molecule has 168 valence electrons. The van der Waals surface area contributed by atoms with Crippen LogP contribution >= 0.6 is 0 Å². The lowest BCUT2D eigenvalue weighted by molar-refractivity contribution is -0.145. The number of hydrogen-bond acceptors (Lipinski definition) is 5. The molecule has 0 aromatic heterocycles. The largest absolute Gasteiger partial charge is 0.394 e. The molecule has 3 aliphatic heterocycles. The number of aliphatic hydroxyl groups is 1. The van der Waals surface area contributed by atoms with Crippen molar-refractivity contribution in [2.75, 3.05) is 13.2 Å². The first-order valence-electron chi connectivity index (χ1n) is 11.1. The van der Waals surface area contributed by atoms with Gasteiger partial charge in [0.1, 0.15) is 11.6 Å². The van der Waals surface area contributed by atoms with Crippen molar-refractivity contribution in [3.05, 3.63) is 35.9 Å². The third kappa shape index (κ3) is 3.51. The van der Waals surface area contributed by atoms with Crippen molar-refractivity contribution >= 4 is 17.7 Å². The number of likely N-dealkylation sites (tertiary alicyclic amines) is 1. The molecule has 0 radical (unpaired) electrons. The van der Waals surface area contributed by atoms with E-state index in [1.165, 1.54) is 4.90 Å². The van der Waals surface area contributed by atoms with Crippen LogP contribution in [0.5, 0.6) is 0 Å². The lowest BCUT2D eigenvalue weighted by atomic mass is 9.70. The number of carbonyl (C=O) groups is 3. The number of amides is 3. The van der Waals surface area contributed by atoms with Gasteiger partial charge in [-0.3, -0.25) is 14.4 Å². The number of ether oxygens (including phenoxy) is 1. The van der Waals surface area contributed by atoms with Crippen LogP contribution in [0.2, 0.25) is 0 Å². The van der Waals surface area contributed by atoms with Crippen molar-refractivity contribution in [2.24, 2.45) is 11.8 Å². The van der Waals surface area contributed by atoms with Gasteiger partial charge in [-0.1, -0.05) is 37.3 Å². The van der Waals surface area contributed by atoms with E-state index in [0.29, 0.717) is 25.9 Å². The van der Waals surface area contributed by atoms with Gasteiger partial charge in [-0.25, -0.2) is 0 Å². The maximum Gasteiger partial charge on any atom is 0.246 e. The maximum atomic E-state index is 13.5. The fourth-order valence-corrected chi connectivity index (χ4v) is 5.50. The second kappa shape index (κ2) is 8.59. The van der Waals surface area contributed by atoms with E-state index in [1.807, 2.05) is 37.3 Å². The highest BCUT2D eigenvalue weighted by atomic mass is 16.5. The first-order valence-corrected chi connectivity index (χ1v) is 11.1. The van der Waals surface area contributed by atoms with Crippen molar-refractivity contribution in [2.45, 2.75) is 63.4 Å². The molecule has 3 amide bonds. The smallest absolute Gasteiger partial charge is 0.246 e. The van der Waals surface area contributed by atoms with Crippen LogP contribution in [0.15, 0.2) is 30.3 Å². The molecule has 3 fully saturated rings. The Morgan fingerprint density at radius 1 is 1.26 bits per heavy atom. The highest BCUT2D eigenvalue weighted by Gasteiger charge is 2.74. The predicted octanol–water partition coefficient (Wildman–Crippen LogP) is 0.584. The summed E-state index contributed by atoms with van der Waals surface area (Å²) < 4.78 is 6.31. The highest BCUT2D eigenvalue weighted by Crippen LogP contribution is 2.58. The lowest BCUT2D eigenvalue weighted by Gasteiger charge is -2.35. The van der Waals surface area contributed by atoms with Crippen LogP contribution in [-0.4, -0.2) is 64.7 Å². The SMILES string of the molecule is CCCNC(=O)[C@@H]1[C@H]2C(=O)N([C@H](C)CO)C(C(=O)NCc3ccccc3)C23CC[C@H]1O3. The zero-order valence-electron chi connectivity index (χ0n) is 18.0. The molecule has 2 unspecified atom stereocenters. The second-order valence-electron chi connectivity index (χ2n) is 8.83. The average Bonchev–Trinajstić information content (AvgIpc) is 3.43. The molecule has 3 heterocycles. The first-order chi connectivity index (χ1) is 14.9. The summed E-state index contributed by atoms with van der Waals surface area (Å²) in [6.45, 7) is 4.28. The predicted molar refractivity (Wildman–Crippen MR) is 113 cm³/mol. The molecule has 1 aromatic carbocycles. The first kappa shape index (κ1) is 21.8. The fourth-order valence-electron chi connectivity index (χ4n) is 5.50. The molecule has 4 rings (SSSR count). The third-order valence-corrected chi connectivity index (χ3v) is 6.89. The van der Waals surface area contributed by atoms with Gasteiger partial charge in [-0.05, 0) is 31.7 Å². The number of benzene rings is 1. The van der Waals surface area contributed by atoms with Crippen LogP contribution in [0.1, 0.15) is 38.7 Å². The van der Waals surface area contributed by atoms with Gasteiger partial charge in [0.25, 0.3) is 0 Å². The van der Waals surface area contributed by atoms with E-state index in [9.17, 15) is 19.5 Å². The zero-order valence-corrected chi connectivity index (χ0v) is 18.0. The third-order valence-electron chi connectivity index (χ3n) is 6.89. The molecule has 3 aliphatic rings. The summed E-state index contributed by atoms with van der Waals surface area (Å²) in [7, 11) is 0. The summed E-state index contributed by atoms with van der Waals surface area (Å²) >= 11 is 0. The zero-order chi connectivity index (χ0) is 22.2. The Labute approximate surface area is 182 Å². The van der Waals surface area contributed by atoms with Crippen LogP contribution in [0.25, 0.3) is 0 Å². The van der Waals surface area contributed by atoms with Crippen LogP contribution in [0, 0.1) is 11.8 Å². The van der Waals surface area contributed by atoms with Crippen LogP contribution < -0.4 is 10.6 Å². The van der Waals surface area contributed by atoms with E-state index < -0.39 is 29.5 Å². The van der Waals surface area contributed by atoms with Gasteiger partial charge in [0.15, 0.2) is 0 Å². The molecular formula is C23H31N3O5. The van der Waals surface area contributed by atoms with E-state index in [0.717, 1.165) is 12.0 Å². The minimum atomic E-state index is -1.03. The van der Waals surface area contributed by atoms with Gasteiger partial charge in [0.05, 0.1) is 30.6 Å². The van der Waals surface area contributed by atoms with Crippen LogP contribution in [0.4, 0.5) is 0 Å². The molecule has 1 spiro atoms. The number of aliphatic hydroxyl groups excluding tert-OH is 1. The van der Waals surface area contributed by atoms with Gasteiger partial charge >= 0.3 is 0 Å². The van der Waals surface area contributed by atoms with E-state index in [4.69, 9.17) is 4.74 Å². The number of nitrogens with zero attached hydrogens (tertiary/aromatic N) is 1. The highest BCUT2D eigenvalue weighted by molar-refractivity contribution is 5.99. The van der Waals surface area contributed by atoms with Gasteiger partial charge in [-0.15, -0.1) is 0 Å². The molecule has 8 heteroatoms. The summed E-state index contributed by atoms with van der Waals surface area (Å²) in [5.41, 5.74) is -0.0791. The Balaban J connectivity index is 1.63. The number of carbonyl (C=O) groups excluding carboxylic acids is 3. The molecule has 1 aromatic rings. The summed E-state index contributed by atoms with van der Waals surface area (Å²) in [5.74, 6) is -2.08. The number of hydrogen-bond donors (Lipinski definition) is 3. The maximum absolute atomic E-state index is 13.5. The Kier molecular flexibility index (Phi) is 6.03. The molecule has 8 nitrogen and oxygen atoms in total. The normalized spacial score (nSPS) is 32.1. The number of nitrogens with one attached hydrogen (secondary N) is 2.